The molecule has 2 heterocycles. The average Bonchev–Trinajstić information content (AvgIpc) is 3.17. The van der Waals surface area contributed by atoms with E-state index in [9.17, 15) is 19.6 Å². The number of nitrogens with zero attached hydrogens (tertiary/aromatic N) is 2. The fraction of sp³-hybridized carbons (Fsp3) is 0.360. The Morgan fingerprint density at radius 1 is 1.21 bits per heavy atom. The zero-order valence-electron chi connectivity index (χ0n) is 18.5. The summed E-state index contributed by atoms with van der Waals surface area (Å²) in [6.07, 6.45) is 0.885. The lowest BCUT2D eigenvalue weighted by atomic mass is 9.85. The molecule has 8 heteroatoms. The second-order valence-corrected chi connectivity index (χ2v) is 8.88. The van der Waals surface area contributed by atoms with Crippen LogP contribution in [0.3, 0.4) is 0 Å². The number of aliphatic hydroxyl groups is 1. The van der Waals surface area contributed by atoms with E-state index in [2.05, 4.69) is 6.07 Å². The van der Waals surface area contributed by atoms with Crippen LogP contribution < -0.4 is 9.47 Å². The van der Waals surface area contributed by atoms with Gasteiger partial charge in [0.2, 0.25) is 5.91 Å². The highest BCUT2D eigenvalue weighted by atomic mass is 32.2. The van der Waals surface area contributed by atoms with Crippen LogP contribution in [0.1, 0.15) is 43.7 Å². The highest BCUT2D eigenvalue weighted by Gasteiger charge is 2.51. The van der Waals surface area contributed by atoms with Crippen LogP contribution in [0.2, 0.25) is 0 Å². The summed E-state index contributed by atoms with van der Waals surface area (Å²) in [5.74, 6) is 0.168. The van der Waals surface area contributed by atoms with Crippen LogP contribution in [0.15, 0.2) is 53.1 Å². The smallest absolute Gasteiger partial charge is 0.231 e. The van der Waals surface area contributed by atoms with Crippen LogP contribution in [0.4, 0.5) is 4.39 Å². The van der Waals surface area contributed by atoms with Gasteiger partial charge < -0.3 is 14.6 Å². The van der Waals surface area contributed by atoms with E-state index in [0.29, 0.717) is 40.9 Å². The van der Waals surface area contributed by atoms with Gasteiger partial charge in [0, 0.05) is 17.9 Å². The summed E-state index contributed by atoms with van der Waals surface area (Å²) < 4.78 is 24.9. The van der Waals surface area contributed by atoms with Crippen LogP contribution in [0.5, 0.6) is 11.5 Å². The Morgan fingerprint density at radius 3 is 2.64 bits per heavy atom. The van der Waals surface area contributed by atoms with E-state index in [1.165, 1.54) is 40.9 Å². The highest BCUT2D eigenvalue weighted by Crippen LogP contribution is 2.52. The van der Waals surface area contributed by atoms with Crippen LogP contribution in [0, 0.1) is 17.1 Å². The Hall–Kier alpha value is -3.02. The van der Waals surface area contributed by atoms with Gasteiger partial charge in [-0.15, -0.1) is 11.8 Å². The van der Waals surface area contributed by atoms with Gasteiger partial charge in [-0.1, -0.05) is 25.1 Å². The number of allylic oxidation sites excluding steroid dienone is 1. The molecule has 0 unspecified atom stereocenters. The molecule has 0 spiro atoms. The third-order valence-electron chi connectivity index (χ3n) is 5.75. The van der Waals surface area contributed by atoms with Gasteiger partial charge in [0.25, 0.3) is 0 Å². The van der Waals surface area contributed by atoms with Crippen LogP contribution in [0.25, 0.3) is 0 Å². The van der Waals surface area contributed by atoms with E-state index >= 15 is 0 Å². The number of carbonyl (C=O) groups excluding carboxylic acids is 1. The minimum Gasteiger partial charge on any atom is -0.490 e. The summed E-state index contributed by atoms with van der Waals surface area (Å²) in [6.45, 7) is 4.91. The molecule has 2 aromatic rings. The number of ether oxygens (including phenoxy) is 2. The Bertz CT molecular complexity index is 1130. The van der Waals surface area contributed by atoms with E-state index in [-0.39, 0.29) is 18.1 Å². The molecule has 0 aliphatic carbocycles. The first-order chi connectivity index (χ1) is 15.9. The topological polar surface area (TPSA) is 82.8 Å². The molecule has 1 saturated heterocycles. The fourth-order valence-corrected chi connectivity index (χ4v) is 5.54. The lowest BCUT2D eigenvalue weighted by Crippen LogP contribution is -2.48. The fourth-order valence-electron chi connectivity index (χ4n) is 4.18. The predicted molar refractivity (Wildman–Crippen MR) is 123 cm³/mol. The Morgan fingerprint density at radius 2 is 1.97 bits per heavy atom. The van der Waals surface area contributed by atoms with Crippen molar-refractivity contribution in [2.45, 2.75) is 38.3 Å². The van der Waals surface area contributed by atoms with Crippen molar-refractivity contribution in [3.05, 3.63) is 70.0 Å². The number of nitriles is 1. The number of rotatable bonds is 7. The van der Waals surface area contributed by atoms with Crippen molar-refractivity contribution < 1.29 is 23.8 Å². The lowest BCUT2D eigenvalue weighted by molar-refractivity contribution is -0.149. The lowest BCUT2D eigenvalue weighted by Gasteiger charge is -2.38. The van der Waals surface area contributed by atoms with Gasteiger partial charge in [0.05, 0.1) is 35.6 Å². The van der Waals surface area contributed by atoms with Gasteiger partial charge in [-0.3, -0.25) is 9.69 Å². The predicted octanol–water partition coefficient (Wildman–Crippen LogP) is 4.66. The largest absolute Gasteiger partial charge is 0.490 e. The number of hydrogen-bond donors (Lipinski definition) is 1. The zero-order valence-corrected chi connectivity index (χ0v) is 19.3. The summed E-state index contributed by atoms with van der Waals surface area (Å²) in [6, 6.07) is 13.2. The molecule has 2 atom stereocenters. The summed E-state index contributed by atoms with van der Waals surface area (Å²) in [5.41, 5.74) is -0.0299. The maximum absolute atomic E-state index is 13.4. The molecule has 4 rings (SSSR count). The number of hydrogen-bond acceptors (Lipinski definition) is 6. The first kappa shape index (κ1) is 23.1. The summed E-state index contributed by atoms with van der Waals surface area (Å²) >= 11 is 1.26. The molecule has 0 bridgehead atoms. The monoisotopic (exact) mass is 468 g/mol. The van der Waals surface area contributed by atoms with Crippen LogP contribution >= 0.6 is 11.8 Å². The molecular formula is C25H25FN2O4S. The molecule has 0 aromatic heterocycles. The number of carbonyl (C=O) groups is 1. The molecule has 2 aliphatic heterocycles. The molecule has 1 amide bonds. The van der Waals surface area contributed by atoms with Crippen LogP contribution in [-0.2, 0) is 10.5 Å². The Labute approximate surface area is 196 Å². The maximum atomic E-state index is 13.4. The molecule has 172 valence electrons. The van der Waals surface area contributed by atoms with Crippen molar-refractivity contribution in [3.63, 3.8) is 0 Å². The molecular weight excluding hydrogens is 443 g/mol. The Kier molecular flexibility index (Phi) is 6.63. The molecule has 6 nitrogen and oxygen atoms in total. The van der Waals surface area contributed by atoms with E-state index in [1.54, 1.807) is 0 Å². The van der Waals surface area contributed by atoms with Gasteiger partial charge in [-0.05, 0) is 43.2 Å². The van der Waals surface area contributed by atoms with Crippen molar-refractivity contribution in [2.24, 2.45) is 0 Å². The SMILES string of the molecule is CCCOc1ccc([C@@H]2CC(=O)N3C(=C2C#N)SC[C@@]3(O)c2ccc(F)cc2)cc1OCC. The molecule has 0 saturated carbocycles. The van der Waals surface area contributed by atoms with Gasteiger partial charge in [0.1, 0.15) is 5.82 Å². The first-order valence-electron chi connectivity index (χ1n) is 10.9. The third kappa shape index (κ3) is 4.19. The second-order valence-electron chi connectivity index (χ2n) is 7.92. The van der Waals surface area contributed by atoms with E-state index in [0.717, 1.165) is 12.0 Å². The van der Waals surface area contributed by atoms with E-state index in [4.69, 9.17) is 9.47 Å². The molecule has 2 aromatic carbocycles. The first-order valence-corrected chi connectivity index (χ1v) is 11.9. The average molecular weight is 469 g/mol. The van der Waals surface area contributed by atoms with E-state index in [1.807, 2.05) is 32.0 Å². The molecule has 0 radical (unpaired) electrons. The second kappa shape index (κ2) is 9.46. The number of benzene rings is 2. The highest BCUT2D eigenvalue weighted by molar-refractivity contribution is 8.03. The van der Waals surface area contributed by atoms with Gasteiger partial charge >= 0.3 is 0 Å². The number of halogens is 1. The van der Waals surface area contributed by atoms with Crippen molar-refractivity contribution >= 4 is 17.7 Å². The molecule has 1 N–H and O–H groups in total. The summed E-state index contributed by atoms with van der Waals surface area (Å²) in [4.78, 5) is 14.6. The molecule has 33 heavy (non-hydrogen) atoms. The van der Waals surface area contributed by atoms with Crippen LogP contribution in [-0.4, -0.2) is 34.9 Å². The van der Waals surface area contributed by atoms with Crippen molar-refractivity contribution in [3.8, 4) is 17.6 Å². The minimum atomic E-state index is -1.63. The standard InChI is InChI=1S/C25H25FN2O4S/c1-3-11-32-21-10-5-16(12-22(21)31-4-2)19-13-23(29)28-24(20(19)14-27)33-15-25(28,30)17-6-8-18(26)9-7-17/h5-10,12,19,30H,3-4,11,13,15H2,1-2H3/t19-,25+/m0/s1. The van der Waals surface area contributed by atoms with Gasteiger partial charge in [-0.25, -0.2) is 4.39 Å². The van der Waals surface area contributed by atoms with E-state index < -0.39 is 17.5 Å². The quantitative estimate of drug-likeness (QED) is 0.637. The number of fused-ring (bicyclic) bond motifs is 1. The third-order valence-corrected chi connectivity index (χ3v) is 6.97. The normalized spacial score (nSPS) is 22.2. The summed E-state index contributed by atoms with van der Waals surface area (Å²) in [7, 11) is 0. The zero-order chi connectivity index (χ0) is 23.6. The van der Waals surface area contributed by atoms with Crippen molar-refractivity contribution in [1.29, 1.82) is 5.26 Å². The molecule has 2 aliphatic rings. The molecule has 1 fully saturated rings. The minimum absolute atomic E-state index is 0.0250. The van der Waals surface area contributed by atoms with Crippen molar-refractivity contribution in [1.82, 2.24) is 4.90 Å². The summed E-state index contributed by atoms with van der Waals surface area (Å²) in [5, 5.41) is 21.9. The number of thioether (sulfide) groups is 1. The maximum Gasteiger partial charge on any atom is 0.231 e. The van der Waals surface area contributed by atoms with Gasteiger partial charge in [0.15, 0.2) is 17.2 Å². The van der Waals surface area contributed by atoms with Gasteiger partial charge in [-0.2, -0.15) is 5.26 Å². The Balaban J connectivity index is 1.73. The van der Waals surface area contributed by atoms with Crippen molar-refractivity contribution in [2.75, 3.05) is 19.0 Å². The number of amides is 1.